The van der Waals surface area contributed by atoms with Crippen LogP contribution in [0.15, 0.2) is 18.2 Å². The molecule has 1 aromatic carbocycles. The molecule has 0 spiro atoms. The SMILES string of the molecule is COC[C@@H](C)N1C[C@@H](C(=O)Nc2ccc3c(c2)OCO3)CC1=O. The molecule has 124 valence electrons. The number of carbonyl (C=O) groups is 2. The molecule has 2 heterocycles. The summed E-state index contributed by atoms with van der Waals surface area (Å²) < 4.78 is 15.6. The van der Waals surface area contributed by atoms with Crippen LogP contribution in [-0.2, 0) is 14.3 Å². The quantitative estimate of drug-likeness (QED) is 0.883. The monoisotopic (exact) mass is 320 g/mol. The summed E-state index contributed by atoms with van der Waals surface area (Å²) in [5.41, 5.74) is 0.634. The molecule has 0 bridgehead atoms. The van der Waals surface area contributed by atoms with E-state index in [1.165, 1.54) is 0 Å². The zero-order valence-electron chi connectivity index (χ0n) is 13.2. The Morgan fingerprint density at radius 2 is 2.22 bits per heavy atom. The first kappa shape index (κ1) is 15.6. The fourth-order valence-electron chi connectivity index (χ4n) is 2.88. The van der Waals surface area contributed by atoms with Crippen LogP contribution in [0.25, 0.3) is 0 Å². The predicted octanol–water partition coefficient (Wildman–Crippen LogP) is 1.24. The number of fused-ring (bicyclic) bond motifs is 1. The predicted molar refractivity (Wildman–Crippen MR) is 82.4 cm³/mol. The van der Waals surface area contributed by atoms with E-state index in [0.717, 1.165) is 0 Å². The normalized spacial score (nSPS) is 20.7. The van der Waals surface area contributed by atoms with Crippen LogP contribution in [0.2, 0.25) is 0 Å². The van der Waals surface area contributed by atoms with E-state index in [1.54, 1.807) is 30.2 Å². The van der Waals surface area contributed by atoms with Gasteiger partial charge in [0, 0.05) is 31.8 Å². The Morgan fingerprint density at radius 1 is 1.43 bits per heavy atom. The van der Waals surface area contributed by atoms with Crippen molar-refractivity contribution in [3.8, 4) is 11.5 Å². The van der Waals surface area contributed by atoms with Crippen molar-refractivity contribution < 1.29 is 23.8 Å². The molecule has 1 saturated heterocycles. The molecule has 1 aromatic rings. The third kappa shape index (κ3) is 3.24. The highest BCUT2D eigenvalue weighted by Gasteiger charge is 2.36. The Balaban J connectivity index is 1.62. The van der Waals surface area contributed by atoms with E-state index in [1.807, 2.05) is 6.92 Å². The van der Waals surface area contributed by atoms with E-state index in [-0.39, 0.29) is 37.0 Å². The third-order valence-corrected chi connectivity index (χ3v) is 4.11. The number of nitrogens with one attached hydrogen (secondary N) is 1. The number of methoxy groups -OCH3 is 1. The molecular formula is C16H20N2O5. The molecule has 1 fully saturated rings. The van der Waals surface area contributed by atoms with Crippen molar-refractivity contribution in [2.24, 2.45) is 5.92 Å². The Kier molecular flexibility index (Phi) is 4.38. The lowest BCUT2D eigenvalue weighted by molar-refractivity contribution is -0.130. The lowest BCUT2D eigenvalue weighted by Gasteiger charge is -2.23. The molecule has 1 N–H and O–H groups in total. The first-order valence-corrected chi connectivity index (χ1v) is 7.57. The van der Waals surface area contributed by atoms with Crippen LogP contribution in [0.1, 0.15) is 13.3 Å². The second-order valence-electron chi connectivity index (χ2n) is 5.81. The number of anilines is 1. The summed E-state index contributed by atoms with van der Waals surface area (Å²) in [6.07, 6.45) is 0.227. The zero-order chi connectivity index (χ0) is 16.4. The van der Waals surface area contributed by atoms with Crippen LogP contribution in [-0.4, -0.2) is 49.8 Å². The van der Waals surface area contributed by atoms with Crippen LogP contribution in [0.5, 0.6) is 11.5 Å². The molecule has 2 amide bonds. The summed E-state index contributed by atoms with van der Waals surface area (Å²) in [5, 5.41) is 2.84. The van der Waals surface area contributed by atoms with Gasteiger partial charge in [0.05, 0.1) is 18.6 Å². The van der Waals surface area contributed by atoms with Crippen molar-refractivity contribution in [2.75, 3.05) is 32.4 Å². The largest absolute Gasteiger partial charge is 0.454 e. The van der Waals surface area contributed by atoms with Gasteiger partial charge < -0.3 is 24.4 Å². The number of likely N-dealkylation sites (tertiary alicyclic amines) is 1. The second-order valence-corrected chi connectivity index (χ2v) is 5.81. The molecule has 2 aliphatic heterocycles. The lowest BCUT2D eigenvalue weighted by Crippen LogP contribution is -2.38. The highest BCUT2D eigenvalue weighted by atomic mass is 16.7. The summed E-state index contributed by atoms with van der Waals surface area (Å²) in [6, 6.07) is 5.21. The van der Waals surface area contributed by atoms with Crippen LogP contribution in [0, 0.1) is 5.92 Å². The third-order valence-electron chi connectivity index (χ3n) is 4.11. The number of hydrogen-bond acceptors (Lipinski definition) is 5. The summed E-state index contributed by atoms with van der Waals surface area (Å²) in [5.74, 6) is 0.746. The molecular weight excluding hydrogens is 300 g/mol. The maximum absolute atomic E-state index is 12.4. The van der Waals surface area contributed by atoms with Crippen molar-refractivity contribution in [3.05, 3.63) is 18.2 Å². The minimum absolute atomic E-state index is 0.0135. The maximum Gasteiger partial charge on any atom is 0.231 e. The fraction of sp³-hybridized carbons (Fsp3) is 0.500. The van der Waals surface area contributed by atoms with Crippen LogP contribution in [0.3, 0.4) is 0 Å². The van der Waals surface area contributed by atoms with Gasteiger partial charge in [-0.05, 0) is 19.1 Å². The topological polar surface area (TPSA) is 77.1 Å². The minimum atomic E-state index is -0.354. The zero-order valence-corrected chi connectivity index (χ0v) is 13.2. The number of carbonyl (C=O) groups excluding carboxylic acids is 2. The lowest BCUT2D eigenvalue weighted by atomic mass is 10.1. The molecule has 3 rings (SSSR count). The van der Waals surface area contributed by atoms with E-state index in [4.69, 9.17) is 14.2 Å². The van der Waals surface area contributed by atoms with Crippen LogP contribution in [0.4, 0.5) is 5.69 Å². The molecule has 7 nitrogen and oxygen atoms in total. The molecule has 0 saturated carbocycles. The Hall–Kier alpha value is -2.28. The van der Waals surface area contributed by atoms with Gasteiger partial charge >= 0.3 is 0 Å². The van der Waals surface area contributed by atoms with Crippen molar-refractivity contribution in [2.45, 2.75) is 19.4 Å². The first-order chi connectivity index (χ1) is 11.1. The number of ether oxygens (including phenoxy) is 3. The van der Waals surface area contributed by atoms with Gasteiger partial charge in [0.15, 0.2) is 11.5 Å². The Morgan fingerprint density at radius 3 is 3.00 bits per heavy atom. The fourth-order valence-corrected chi connectivity index (χ4v) is 2.88. The van der Waals surface area contributed by atoms with Gasteiger partial charge in [-0.2, -0.15) is 0 Å². The van der Waals surface area contributed by atoms with E-state index >= 15 is 0 Å². The van der Waals surface area contributed by atoms with E-state index in [0.29, 0.717) is 30.3 Å². The number of benzene rings is 1. The first-order valence-electron chi connectivity index (χ1n) is 7.57. The summed E-state index contributed by atoms with van der Waals surface area (Å²) >= 11 is 0. The molecule has 2 atom stereocenters. The van der Waals surface area contributed by atoms with Gasteiger partial charge in [-0.15, -0.1) is 0 Å². The van der Waals surface area contributed by atoms with Gasteiger partial charge in [0.25, 0.3) is 0 Å². The second kappa shape index (κ2) is 6.45. The van der Waals surface area contributed by atoms with E-state index in [9.17, 15) is 9.59 Å². The van der Waals surface area contributed by atoms with Gasteiger partial charge in [-0.3, -0.25) is 9.59 Å². The molecule has 23 heavy (non-hydrogen) atoms. The van der Waals surface area contributed by atoms with E-state index < -0.39 is 0 Å². The summed E-state index contributed by atoms with van der Waals surface area (Å²) in [7, 11) is 1.60. The standard InChI is InChI=1S/C16H20N2O5/c1-10(8-21-2)18-7-11(5-15(18)19)16(20)17-12-3-4-13-14(6-12)23-9-22-13/h3-4,6,10-11H,5,7-9H2,1-2H3,(H,17,20)/t10-,11+/m1/s1. The summed E-state index contributed by atoms with van der Waals surface area (Å²) in [6.45, 7) is 2.98. The Labute approximate surface area is 134 Å². The number of hydrogen-bond donors (Lipinski definition) is 1. The molecule has 2 aliphatic rings. The molecule has 0 aromatic heterocycles. The highest BCUT2D eigenvalue weighted by Crippen LogP contribution is 2.34. The maximum atomic E-state index is 12.4. The average molecular weight is 320 g/mol. The van der Waals surface area contributed by atoms with Crippen LogP contribution >= 0.6 is 0 Å². The van der Waals surface area contributed by atoms with Crippen molar-refractivity contribution in [1.29, 1.82) is 0 Å². The molecule has 0 unspecified atom stereocenters. The summed E-state index contributed by atoms with van der Waals surface area (Å²) in [4.78, 5) is 26.2. The average Bonchev–Trinajstić information content (AvgIpc) is 3.13. The highest BCUT2D eigenvalue weighted by molar-refractivity contribution is 5.97. The molecule has 0 radical (unpaired) electrons. The smallest absolute Gasteiger partial charge is 0.231 e. The minimum Gasteiger partial charge on any atom is -0.454 e. The van der Waals surface area contributed by atoms with Crippen molar-refractivity contribution >= 4 is 17.5 Å². The van der Waals surface area contributed by atoms with E-state index in [2.05, 4.69) is 5.32 Å². The molecule has 0 aliphatic carbocycles. The van der Waals surface area contributed by atoms with Gasteiger partial charge in [-0.25, -0.2) is 0 Å². The number of nitrogens with zero attached hydrogens (tertiary/aromatic N) is 1. The molecule has 7 heteroatoms. The van der Waals surface area contributed by atoms with Gasteiger partial charge in [0.1, 0.15) is 0 Å². The van der Waals surface area contributed by atoms with Gasteiger partial charge in [0.2, 0.25) is 18.6 Å². The number of rotatable bonds is 5. The Bertz CT molecular complexity index is 618. The van der Waals surface area contributed by atoms with Crippen molar-refractivity contribution in [3.63, 3.8) is 0 Å². The van der Waals surface area contributed by atoms with Gasteiger partial charge in [-0.1, -0.05) is 0 Å². The van der Waals surface area contributed by atoms with Crippen LogP contribution < -0.4 is 14.8 Å². The number of amides is 2. The van der Waals surface area contributed by atoms with Crippen molar-refractivity contribution in [1.82, 2.24) is 4.90 Å².